The Hall–Kier alpha value is -2.90. The lowest BCUT2D eigenvalue weighted by atomic mass is 9.77. The number of carbonyl (C=O) groups excluding carboxylic acids is 2. The van der Waals surface area contributed by atoms with Gasteiger partial charge in [-0.25, -0.2) is 4.79 Å². The molecule has 0 unspecified atom stereocenters. The molecular formula is C31H40BNO5. The molecule has 7 heteroatoms. The third kappa shape index (κ3) is 5.32. The molecule has 2 aromatic rings. The summed E-state index contributed by atoms with van der Waals surface area (Å²) in [5.74, 6) is -0.548. The van der Waals surface area contributed by atoms with Crippen LogP contribution >= 0.6 is 0 Å². The molecule has 202 valence electrons. The second kappa shape index (κ2) is 11.1. The Morgan fingerprint density at radius 1 is 0.947 bits per heavy atom. The van der Waals surface area contributed by atoms with Crippen molar-refractivity contribution >= 4 is 19.0 Å². The molecule has 2 heterocycles. The van der Waals surface area contributed by atoms with Gasteiger partial charge in [0, 0.05) is 6.92 Å². The van der Waals surface area contributed by atoms with Gasteiger partial charge in [0.2, 0.25) is 5.91 Å². The Balaban J connectivity index is 1.62. The first kappa shape index (κ1) is 28.1. The fraction of sp³-hybridized carbons (Fsp3) is 0.484. The fourth-order valence-electron chi connectivity index (χ4n) is 5.71. The largest absolute Gasteiger partial charge is 0.457 e. The van der Waals surface area contributed by atoms with Gasteiger partial charge in [0.05, 0.1) is 17.2 Å². The van der Waals surface area contributed by atoms with E-state index in [0.717, 1.165) is 17.5 Å². The quantitative estimate of drug-likeness (QED) is 0.166. The molecule has 2 fully saturated rings. The SMILES string of the molecule is C=CC[C@]1(CCCCB2OC(C)(C)C(C)(C)O2)C(=O)O[C@@H](c2ccccc2)[C@@H](c2ccccc2)N1C(C)=O. The highest BCUT2D eigenvalue weighted by Gasteiger charge is 2.56. The lowest BCUT2D eigenvalue weighted by molar-refractivity contribution is -0.195. The van der Waals surface area contributed by atoms with Gasteiger partial charge >= 0.3 is 13.1 Å². The van der Waals surface area contributed by atoms with Crippen LogP contribution in [0.15, 0.2) is 73.3 Å². The smallest absolute Gasteiger partial charge is 0.453 e. The fourth-order valence-corrected chi connectivity index (χ4v) is 5.71. The van der Waals surface area contributed by atoms with Gasteiger partial charge in [-0.05, 0) is 58.0 Å². The lowest BCUT2D eigenvalue weighted by Crippen LogP contribution is -2.63. The van der Waals surface area contributed by atoms with E-state index in [1.54, 1.807) is 17.9 Å². The Morgan fingerprint density at radius 2 is 1.50 bits per heavy atom. The van der Waals surface area contributed by atoms with Gasteiger partial charge in [0.25, 0.3) is 0 Å². The number of benzene rings is 2. The van der Waals surface area contributed by atoms with E-state index in [9.17, 15) is 9.59 Å². The van der Waals surface area contributed by atoms with Crippen molar-refractivity contribution in [2.45, 2.75) is 95.5 Å². The van der Waals surface area contributed by atoms with Crippen molar-refractivity contribution < 1.29 is 23.6 Å². The Morgan fingerprint density at radius 3 is 2.03 bits per heavy atom. The van der Waals surface area contributed by atoms with Crippen LogP contribution in [0.2, 0.25) is 6.32 Å². The van der Waals surface area contributed by atoms with Gasteiger partial charge in [-0.1, -0.05) is 79.6 Å². The van der Waals surface area contributed by atoms with Crippen LogP contribution in [-0.4, -0.2) is 40.6 Å². The number of morpholine rings is 1. The van der Waals surface area contributed by atoms with Crippen LogP contribution in [0.3, 0.4) is 0 Å². The maximum absolute atomic E-state index is 13.9. The molecule has 3 atom stereocenters. The molecule has 6 nitrogen and oxygen atoms in total. The number of hydrogen-bond acceptors (Lipinski definition) is 5. The van der Waals surface area contributed by atoms with Crippen molar-refractivity contribution in [3.63, 3.8) is 0 Å². The predicted molar refractivity (Wildman–Crippen MR) is 149 cm³/mol. The number of nitrogens with zero attached hydrogens (tertiary/aromatic N) is 1. The van der Waals surface area contributed by atoms with E-state index in [0.29, 0.717) is 25.6 Å². The first-order valence-electron chi connectivity index (χ1n) is 13.6. The Bertz CT molecular complexity index is 1120. The van der Waals surface area contributed by atoms with Crippen LogP contribution < -0.4 is 0 Å². The highest BCUT2D eigenvalue weighted by atomic mass is 16.7. The van der Waals surface area contributed by atoms with E-state index in [4.69, 9.17) is 14.0 Å². The summed E-state index contributed by atoms with van der Waals surface area (Å²) in [7, 11) is -0.294. The molecule has 38 heavy (non-hydrogen) atoms. The molecule has 0 aliphatic carbocycles. The van der Waals surface area contributed by atoms with E-state index in [2.05, 4.69) is 6.58 Å². The second-order valence-corrected chi connectivity index (χ2v) is 11.4. The van der Waals surface area contributed by atoms with Crippen molar-refractivity contribution in [1.29, 1.82) is 0 Å². The zero-order valence-corrected chi connectivity index (χ0v) is 23.3. The van der Waals surface area contributed by atoms with E-state index >= 15 is 0 Å². The van der Waals surface area contributed by atoms with E-state index in [1.165, 1.54) is 0 Å². The molecule has 4 rings (SSSR count). The minimum absolute atomic E-state index is 0.163. The van der Waals surface area contributed by atoms with Crippen molar-refractivity contribution in [3.8, 4) is 0 Å². The zero-order valence-electron chi connectivity index (χ0n) is 23.3. The normalized spacial score (nSPS) is 26.2. The summed E-state index contributed by atoms with van der Waals surface area (Å²) in [4.78, 5) is 29.1. The minimum Gasteiger partial charge on any atom is -0.453 e. The lowest BCUT2D eigenvalue weighted by Gasteiger charge is -2.52. The van der Waals surface area contributed by atoms with Crippen molar-refractivity contribution in [3.05, 3.63) is 84.4 Å². The van der Waals surface area contributed by atoms with Crippen molar-refractivity contribution in [1.82, 2.24) is 4.90 Å². The van der Waals surface area contributed by atoms with Gasteiger partial charge in [-0.15, -0.1) is 6.58 Å². The number of rotatable bonds is 9. The van der Waals surface area contributed by atoms with Gasteiger partial charge in [0.15, 0.2) is 6.10 Å². The third-order valence-electron chi connectivity index (χ3n) is 8.31. The molecule has 0 spiro atoms. The first-order chi connectivity index (χ1) is 18.0. The number of hydrogen-bond donors (Lipinski definition) is 0. The highest BCUT2D eigenvalue weighted by Crippen LogP contribution is 2.49. The van der Waals surface area contributed by atoms with Crippen LogP contribution in [0.25, 0.3) is 0 Å². The van der Waals surface area contributed by atoms with Gasteiger partial charge in [-0.3, -0.25) is 4.79 Å². The number of esters is 1. The topological polar surface area (TPSA) is 65.1 Å². The summed E-state index contributed by atoms with van der Waals surface area (Å²) in [6.45, 7) is 13.7. The molecule has 0 N–H and O–H groups in total. The predicted octanol–water partition coefficient (Wildman–Crippen LogP) is 6.45. The van der Waals surface area contributed by atoms with Crippen LogP contribution in [0.1, 0.15) is 83.6 Å². The average Bonchev–Trinajstić information content (AvgIpc) is 3.09. The maximum Gasteiger partial charge on any atom is 0.457 e. The van der Waals surface area contributed by atoms with Gasteiger partial charge < -0.3 is 18.9 Å². The molecule has 0 radical (unpaired) electrons. The monoisotopic (exact) mass is 517 g/mol. The standard InChI is InChI=1S/C31H40BNO5/c1-7-20-31(21-14-15-22-32-37-29(3,4)30(5,6)38-32)28(35)36-27(25-18-12-9-13-19-25)26(33(31)23(2)34)24-16-10-8-11-17-24/h7-13,16-19,26-27H,1,14-15,20-22H2,2-6H3/t26-,27+,31+/m1/s1. The van der Waals surface area contributed by atoms with Gasteiger partial charge in [0.1, 0.15) is 5.54 Å². The summed E-state index contributed by atoms with van der Waals surface area (Å²) < 4.78 is 18.5. The number of cyclic esters (lactones) is 1. The molecule has 1 amide bonds. The number of unbranched alkanes of at least 4 members (excludes halogenated alkanes) is 1. The van der Waals surface area contributed by atoms with Crippen molar-refractivity contribution in [2.24, 2.45) is 0 Å². The third-order valence-corrected chi connectivity index (χ3v) is 8.31. The molecule has 0 bridgehead atoms. The maximum atomic E-state index is 13.9. The van der Waals surface area contributed by atoms with E-state index < -0.39 is 17.7 Å². The second-order valence-electron chi connectivity index (χ2n) is 11.4. The van der Waals surface area contributed by atoms with Crippen LogP contribution in [0.4, 0.5) is 0 Å². The molecule has 2 saturated heterocycles. The molecule has 2 aromatic carbocycles. The molecule has 2 aliphatic heterocycles. The van der Waals surface area contributed by atoms with E-state index in [1.807, 2.05) is 88.4 Å². The van der Waals surface area contributed by atoms with Crippen LogP contribution in [0.5, 0.6) is 0 Å². The zero-order chi connectivity index (χ0) is 27.6. The summed E-state index contributed by atoms with van der Waals surface area (Å²) in [5, 5.41) is 0. The Kier molecular flexibility index (Phi) is 8.19. The van der Waals surface area contributed by atoms with Gasteiger partial charge in [-0.2, -0.15) is 0 Å². The van der Waals surface area contributed by atoms with E-state index in [-0.39, 0.29) is 30.2 Å². The Labute approximate surface area is 227 Å². The summed E-state index contributed by atoms with van der Waals surface area (Å²) in [5.41, 5.74) is -0.121. The summed E-state index contributed by atoms with van der Waals surface area (Å²) in [6.07, 6.45) is 4.07. The molecule has 0 saturated carbocycles. The minimum atomic E-state index is -1.14. The van der Waals surface area contributed by atoms with Crippen LogP contribution in [0, 0.1) is 0 Å². The summed E-state index contributed by atoms with van der Waals surface area (Å²) in [6, 6.07) is 19.0. The number of amides is 1. The van der Waals surface area contributed by atoms with Crippen LogP contribution in [-0.2, 0) is 23.6 Å². The van der Waals surface area contributed by atoms with Crippen molar-refractivity contribution in [2.75, 3.05) is 0 Å². The summed E-state index contributed by atoms with van der Waals surface area (Å²) >= 11 is 0. The number of ether oxygens (including phenoxy) is 1. The number of carbonyl (C=O) groups is 2. The molecule has 0 aromatic heterocycles. The molecular weight excluding hydrogens is 477 g/mol. The first-order valence-corrected chi connectivity index (χ1v) is 13.6. The molecule has 2 aliphatic rings. The average molecular weight is 517 g/mol. The highest BCUT2D eigenvalue weighted by molar-refractivity contribution is 6.45.